The zero-order valence-corrected chi connectivity index (χ0v) is 16.9. The number of hydrogen-bond acceptors (Lipinski definition) is 5. The predicted molar refractivity (Wildman–Crippen MR) is 115 cm³/mol. The highest BCUT2D eigenvalue weighted by molar-refractivity contribution is 5.83. The van der Waals surface area contributed by atoms with Crippen LogP contribution in [0.2, 0.25) is 0 Å². The van der Waals surface area contributed by atoms with Crippen LogP contribution in [0.15, 0.2) is 73.3 Å². The van der Waals surface area contributed by atoms with E-state index < -0.39 is 0 Å². The van der Waals surface area contributed by atoms with Gasteiger partial charge in [-0.05, 0) is 29.3 Å². The van der Waals surface area contributed by atoms with Gasteiger partial charge < -0.3 is 4.74 Å². The zero-order chi connectivity index (χ0) is 20.8. The van der Waals surface area contributed by atoms with E-state index in [-0.39, 0.29) is 11.7 Å². The fourth-order valence-electron chi connectivity index (χ4n) is 3.65. The number of rotatable bonds is 9. The lowest BCUT2D eigenvalue weighted by Gasteiger charge is -2.15. The molecule has 0 unspecified atom stereocenters. The largest absolute Gasteiger partial charge is 0.384 e. The molecule has 6 heteroatoms. The Kier molecular flexibility index (Phi) is 6.25. The summed E-state index contributed by atoms with van der Waals surface area (Å²) in [5.41, 5.74) is 3.96. The van der Waals surface area contributed by atoms with Crippen LogP contribution in [0.25, 0.3) is 10.9 Å². The Labute approximate surface area is 175 Å². The molecule has 4 rings (SSSR count). The minimum atomic E-state index is 0.0514. The molecule has 0 spiro atoms. The molecular weight excluding hydrogens is 376 g/mol. The molecule has 0 saturated carbocycles. The third kappa shape index (κ3) is 4.78. The molecule has 0 aliphatic carbocycles. The van der Waals surface area contributed by atoms with Gasteiger partial charge in [0.25, 0.3) is 0 Å². The highest BCUT2D eigenvalue weighted by atomic mass is 16.5. The first-order valence-electron chi connectivity index (χ1n) is 9.98. The Hall–Kier alpha value is -3.38. The van der Waals surface area contributed by atoms with Gasteiger partial charge in [-0.3, -0.25) is 19.4 Å². The van der Waals surface area contributed by atoms with E-state index in [0.29, 0.717) is 26.0 Å². The van der Waals surface area contributed by atoms with Crippen LogP contribution in [0.3, 0.4) is 0 Å². The summed E-state index contributed by atoms with van der Waals surface area (Å²) in [6.45, 7) is 1.17. The van der Waals surface area contributed by atoms with Crippen LogP contribution < -0.4 is 0 Å². The molecule has 152 valence electrons. The highest BCUT2D eigenvalue weighted by Gasteiger charge is 2.17. The van der Waals surface area contributed by atoms with E-state index in [1.165, 1.54) is 0 Å². The zero-order valence-electron chi connectivity index (χ0n) is 16.9. The molecule has 0 saturated heterocycles. The standard InChI is InChI=1S/C24H24N4O2/c1-30-17-21(19-5-3-2-4-6-19)12-23(29)13-22-11-20-14-27-28(24(20)15-26-22)16-18-7-9-25-10-8-18/h2-11,14-15,21H,12-13,16-17H2,1H3/t21-/m1/s1. The van der Waals surface area contributed by atoms with Gasteiger partial charge in [0, 0.05) is 49.3 Å². The van der Waals surface area contributed by atoms with E-state index in [4.69, 9.17) is 4.74 Å². The maximum absolute atomic E-state index is 12.7. The summed E-state index contributed by atoms with van der Waals surface area (Å²) in [6, 6.07) is 15.9. The lowest BCUT2D eigenvalue weighted by atomic mass is 9.93. The highest BCUT2D eigenvalue weighted by Crippen LogP contribution is 2.22. The van der Waals surface area contributed by atoms with Crippen LogP contribution in [0.4, 0.5) is 0 Å². The number of methoxy groups -OCH3 is 1. The van der Waals surface area contributed by atoms with E-state index in [9.17, 15) is 4.79 Å². The van der Waals surface area contributed by atoms with Gasteiger partial charge in [-0.2, -0.15) is 5.10 Å². The molecule has 0 bridgehead atoms. The van der Waals surface area contributed by atoms with Crippen molar-refractivity contribution in [1.29, 1.82) is 0 Å². The van der Waals surface area contributed by atoms with Crippen molar-refractivity contribution in [2.45, 2.75) is 25.3 Å². The summed E-state index contributed by atoms with van der Waals surface area (Å²) >= 11 is 0. The van der Waals surface area contributed by atoms with Gasteiger partial charge in [0.05, 0.1) is 31.1 Å². The van der Waals surface area contributed by atoms with Crippen LogP contribution in [0.5, 0.6) is 0 Å². The molecular formula is C24H24N4O2. The molecule has 3 heterocycles. The molecule has 0 amide bonds. The summed E-state index contributed by atoms with van der Waals surface area (Å²) < 4.78 is 7.25. The predicted octanol–water partition coefficient (Wildman–Crippen LogP) is 3.81. The average Bonchev–Trinajstić information content (AvgIpc) is 3.16. The van der Waals surface area contributed by atoms with Crippen molar-refractivity contribution >= 4 is 16.7 Å². The number of fused-ring (bicyclic) bond motifs is 1. The van der Waals surface area contributed by atoms with Gasteiger partial charge in [-0.15, -0.1) is 0 Å². The molecule has 1 aromatic carbocycles. The Morgan fingerprint density at radius 3 is 2.67 bits per heavy atom. The molecule has 6 nitrogen and oxygen atoms in total. The summed E-state index contributed by atoms with van der Waals surface area (Å²) in [4.78, 5) is 21.3. The molecule has 1 atom stereocenters. The first-order valence-corrected chi connectivity index (χ1v) is 9.98. The maximum atomic E-state index is 12.7. The summed E-state index contributed by atoms with van der Waals surface area (Å²) in [6.07, 6.45) is 7.90. The van der Waals surface area contributed by atoms with E-state index in [1.807, 2.05) is 59.4 Å². The molecule has 0 aliphatic rings. The maximum Gasteiger partial charge on any atom is 0.139 e. The number of carbonyl (C=O) groups is 1. The minimum absolute atomic E-state index is 0.0514. The average molecular weight is 400 g/mol. The summed E-state index contributed by atoms with van der Waals surface area (Å²) in [7, 11) is 1.67. The fraction of sp³-hybridized carbons (Fsp3) is 0.250. The monoisotopic (exact) mass is 400 g/mol. The number of Topliss-reactive ketones (excluding diaryl/α,β-unsaturated/α-hetero) is 1. The molecule has 30 heavy (non-hydrogen) atoms. The van der Waals surface area contributed by atoms with E-state index in [1.54, 1.807) is 25.7 Å². The van der Waals surface area contributed by atoms with Crippen molar-refractivity contribution in [1.82, 2.24) is 19.7 Å². The van der Waals surface area contributed by atoms with Crippen molar-refractivity contribution < 1.29 is 9.53 Å². The lowest BCUT2D eigenvalue weighted by Crippen LogP contribution is -2.14. The van der Waals surface area contributed by atoms with Crippen molar-refractivity contribution in [2.75, 3.05) is 13.7 Å². The number of carbonyl (C=O) groups excluding carboxylic acids is 1. The van der Waals surface area contributed by atoms with Gasteiger partial charge in [-0.1, -0.05) is 30.3 Å². The fourth-order valence-corrected chi connectivity index (χ4v) is 3.65. The Bertz CT molecular complexity index is 1110. The van der Waals surface area contributed by atoms with Gasteiger partial charge in [0.15, 0.2) is 0 Å². The summed E-state index contributed by atoms with van der Waals surface area (Å²) in [5, 5.41) is 5.46. The molecule has 0 N–H and O–H groups in total. The lowest BCUT2D eigenvalue weighted by molar-refractivity contribution is -0.119. The Balaban J connectivity index is 1.45. The van der Waals surface area contributed by atoms with E-state index in [0.717, 1.165) is 27.7 Å². The smallest absolute Gasteiger partial charge is 0.139 e. The second-order valence-corrected chi connectivity index (χ2v) is 7.37. The van der Waals surface area contributed by atoms with Crippen molar-refractivity contribution in [3.63, 3.8) is 0 Å². The number of hydrogen-bond donors (Lipinski definition) is 0. The Morgan fingerprint density at radius 1 is 1.10 bits per heavy atom. The van der Waals surface area contributed by atoms with Crippen LogP contribution in [0.1, 0.15) is 29.2 Å². The van der Waals surface area contributed by atoms with Crippen LogP contribution >= 0.6 is 0 Å². The van der Waals surface area contributed by atoms with Gasteiger partial charge in [-0.25, -0.2) is 0 Å². The second kappa shape index (κ2) is 9.41. The molecule has 3 aromatic heterocycles. The number of benzene rings is 1. The second-order valence-electron chi connectivity index (χ2n) is 7.37. The van der Waals surface area contributed by atoms with Crippen molar-refractivity contribution in [3.05, 3.63) is 90.1 Å². The quantitative estimate of drug-likeness (QED) is 0.427. The Morgan fingerprint density at radius 2 is 1.90 bits per heavy atom. The van der Waals surface area contributed by atoms with Gasteiger partial charge in [0.1, 0.15) is 5.78 Å². The number of pyridine rings is 2. The molecule has 0 aliphatic heterocycles. The first kappa shape index (κ1) is 19.9. The van der Waals surface area contributed by atoms with E-state index in [2.05, 4.69) is 15.1 Å². The van der Waals surface area contributed by atoms with Crippen LogP contribution in [0, 0.1) is 0 Å². The van der Waals surface area contributed by atoms with Crippen molar-refractivity contribution in [3.8, 4) is 0 Å². The van der Waals surface area contributed by atoms with Crippen molar-refractivity contribution in [2.24, 2.45) is 0 Å². The number of ether oxygens (including phenoxy) is 1. The molecule has 0 radical (unpaired) electrons. The number of aromatic nitrogens is 4. The third-order valence-corrected chi connectivity index (χ3v) is 5.16. The third-order valence-electron chi connectivity index (χ3n) is 5.16. The molecule has 0 fully saturated rings. The first-order chi connectivity index (χ1) is 14.7. The topological polar surface area (TPSA) is 69.9 Å². The number of nitrogens with zero attached hydrogens (tertiary/aromatic N) is 4. The van der Waals surface area contributed by atoms with Crippen LogP contribution in [-0.2, 0) is 22.5 Å². The van der Waals surface area contributed by atoms with Gasteiger partial charge in [0.2, 0.25) is 0 Å². The van der Waals surface area contributed by atoms with Gasteiger partial charge >= 0.3 is 0 Å². The summed E-state index contributed by atoms with van der Waals surface area (Å²) in [5.74, 6) is 0.201. The van der Waals surface area contributed by atoms with Crippen LogP contribution in [-0.4, -0.2) is 39.2 Å². The SMILES string of the molecule is COC[C@@H](CC(=O)Cc1cc2cnn(Cc3ccncc3)c2cn1)c1ccccc1. The normalized spacial score (nSPS) is 12.2. The molecule has 4 aromatic rings. The minimum Gasteiger partial charge on any atom is -0.384 e. The number of ketones is 1. The van der Waals surface area contributed by atoms with E-state index >= 15 is 0 Å².